The van der Waals surface area contributed by atoms with E-state index in [1.807, 2.05) is 13.8 Å². The third kappa shape index (κ3) is 6.12. The van der Waals surface area contributed by atoms with Crippen molar-refractivity contribution in [2.24, 2.45) is 5.92 Å². The van der Waals surface area contributed by atoms with E-state index < -0.39 is 20.0 Å². The molecule has 3 aliphatic rings. The summed E-state index contributed by atoms with van der Waals surface area (Å²) in [6.45, 7) is 7.58. The van der Waals surface area contributed by atoms with Crippen molar-refractivity contribution >= 4 is 20.0 Å². The number of nitrogens with one attached hydrogen (secondary N) is 1. The second kappa shape index (κ2) is 10.9. The van der Waals surface area contributed by atoms with Gasteiger partial charge in [-0.25, -0.2) is 21.6 Å². The van der Waals surface area contributed by atoms with E-state index in [2.05, 4.69) is 21.8 Å². The van der Waals surface area contributed by atoms with Crippen LogP contribution in [0.25, 0.3) is 0 Å². The lowest BCUT2D eigenvalue weighted by molar-refractivity contribution is 0.0218. The highest BCUT2D eigenvalue weighted by atomic mass is 32.2. The molecule has 2 fully saturated rings. The van der Waals surface area contributed by atoms with E-state index in [9.17, 15) is 16.8 Å². The Kier molecular flexibility index (Phi) is 8.32. The van der Waals surface area contributed by atoms with Crippen molar-refractivity contribution in [2.45, 2.75) is 58.0 Å². The maximum absolute atomic E-state index is 13.3. The predicted octanol–water partition coefficient (Wildman–Crippen LogP) is 2.14. The van der Waals surface area contributed by atoms with E-state index in [1.165, 1.54) is 11.1 Å². The minimum atomic E-state index is -3.48. The fourth-order valence-electron chi connectivity index (χ4n) is 5.92. The Hall–Kier alpha value is -1.40. The molecule has 1 N–H and O–H groups in total. The van der Waals surface area contributed by atoms with Crippen LogP contribution in [0.5, 0.6) is 11.5 Å². The molecule has 0 saturated carbocycles. The Labute approximate surface area is 210 Å². The molecule has 3 heterocycles. The molecule has 0 aromatic heterocycles. The van der Waals surface area contributed by atoms with Gasteiger partial charge in [0.15, 0.2) is 11.5 Å². The fraction of sp³-hybridized carbons (Fsp3) is 0.750. The topological polar surface area (TPSA) is 105 Å². The van der Waals surface area contributed by atoms with Crippen molar-refractivity contribution in [3.8, 4) is 11.5 Å². The van der Waals surface area contributed by atoms with Crippen LogP contribution in [0.2, 0.25) is 0 Å². The van der Waals surface area contributed by atoms with Gasteiger partial charge < -0.3 is 9.47 Å². The van der Waals surface area contributed by atoms with Gasteiger partial charge in [-0.3, -0.25) is 4.90 Å². The summed E-state index contributed by atoms with van der Waals surface area (Å²) >= 11 is 0. The van der Waals surface area contributed by atoms with E-state index in [-0.39, 0.29) is 30.8 Å². The van der Waals surface area contributed by atoms with Crippen molar-refractivity contribution in [2.75, 3.05) is 51.4 Å². The summed E-state index contributed by atoms with van der Waals surface area (Å²) in [5, 5.41) is 0. The van der Waals surface area contributed by atoms with Gasteiger partial charge in [-0.15, -0.1) is 0 Å². The Morgan fingerprint density at radius 3 is 2.46 bits per heavy atom. The lowest BCUT2D eigenvalue weighted by atomic mass is 9.77. The number of benzene rings is 1. The highest BCUT2D eigenvalue weighted by Crippen LogP contribution is 2.46. The molecular formula is C24H39N3O6S2. The van der Waals surface area contributed by atoms with Crippen LogP contribution < -0.4 is 14.2 Å². The molecule has 2 saturated heterocycles. The maximum atomic E-state index is 13.3. The average Bonchev–Trinajstić information content (AvgIpc) is 2.80. The molecule has 0 bridgehead atoms. The first-order valence-electron chi connectivity index (χ1n) is 12.7. The minimum Gasteiger partial charge on any atom is -0.490 e. The van der Waals surface area contributed by atoms with E-state index in [1.54, 1.807) is 4.31 Å². The van der Waals surface area contributed by atoms with Crippen molar-refractivity contribution in [3.63, 3.8) is 0 Å². The molecule has 9 nitrogen and oxygen atoms in total. The summed E-state index contributed by atoms with van der Waals surface area (Å²) in [5.74, 6) is 1.80. The summed E-state index contributed by atoms with van der Waals surface area (Å²) in [7, 11) is -6.81. The van der Waals surface area contributed by atoms with Crippen LogP contribution in [0.1, 0.15) is 56.7 Å². The molecule has 0 radical (unpaired) electrons. The average molecular weight is 530 g/mol. The number of nitrogens with zero attached hydrogens (tertiary/aromatic N) is 2. The van der Waals surface area contributed by atoms with Crippen LogP contribution in [0.3, 0.4) is 0 Å². The quantitative estimate of drug-likeness (QED) is 0.463. The smallest absolute Gasteiger partial charge is 0.214 e. The lowest BCUT2D eigenvalue weighted by Crippen LogP contribution is -2.57. The van der Waals surface area contributed by atoms with E-state index in [0.29, 0.717) is 25.7 Å². The molecule has 0 spiro atoms. The molecule has 3 atom stereocenters. The molecule has 11 heteroatoms. The lowest BCUT2D eigenvalue weighted by Gasteiger charge is -2.51. The van der Waals surface area contributed by atoms with E-state index in [0.717, 1.165) is 56.5 Å². The molecule has 0 unspecified atom stereocenters. The molecule has 1 aromatic rings. The van der Waals surface area contributed by atoms with Gasteiger partial charge in [0.05, 0.1) is 25.2 Å². The normalized spacial score (nSPS) is 25.4. The Bertz CT molecular complexity index is 1110. The molecule has 3 aliphatic heterocycles. The van der Waals surface area contributed by atoms with Crippen molar-refractivity contribution in [3.05, 3.63) is 23.3 Å². The fourth-order valence-corrected chi connectivity index (χ4v) is 8.26. The SMILES string of the molecule is CCOc1cc2c(cc1OCC)[C@@H]1C[C@@H]3[C@@H](CCCN3S(=O)(=O)CCCNS(C)(=O)=O)CN1CC2. The van der Waals surface area contributed by atoms with Crippen molar-refractivity contribution in [1.29, 1.82) is 0 Å². The standard InChI is InChI=1S/C24H39N3O6S2/c1-4-32-23-14-18-9-12-26-17-19-8-6-11-27(35(30,31)13-7-10-25-34(3,28)29)21(19)16-22(26)20(18)15-24(23)33-5-2/h14-15,19,21-22,25H,4-13,16-17H2,1-3H3/t19-,21+,22-/m0/s1. The highest BCUT2D eigenvalue weighted by Gasteiger charge is 2.46. The van der Waals surface area contributed by atoms with Gasteiger partial charge in [0.2, 0.25) is 20.0 Å². The van der Waals surface area contributed by atoms with Gasteiger partial charge in [-0.05, 0) is 75.1 Å². The first-order valence-corrected chi connectivity index (χ1v) is 16.2. The molecule has 4 rings (SSSR count). The van der Waals surface area contributed by atoms with E-state index >= 15 is 0 Å². The zero-order chi connectivity index (χ0) is 25.2. The van der Waals surface area contributed by atoms with Crippen LogP contribution in [0, 0.1) is 5.92 Å². The summed E-state index contributed by atoms with van der Waals surface area (Å²) in [6, 6.07) is 4.33. The largest absolute Gasteiger partial charge is 0.490 e. The highest BCUT2D eigenvalue weighted by molar-refractivity contribution is 7.89. The second-order valence-electron chi connectivity index (χ2n) is 9.78. The van der Waals surface area contributed by atoms with Crippen LogP contribution in [-0.2, 0) is 26.5 Å². The molecule has 198 valence electrons. The monoisotopic (exact) mass is 529 g/mol. The number of fused-ring (bicyclic) bond motifs is 4. The maximum Gasteiger partial charge on any atom is 0.214 e. The number of hydrogen-bond donors (Lipinski definition) is 1. The summed E-state index contributed by atoms with van der Waals surface area (Å²) < 4.78 is 65.1. The number of piperidine rings is 2. The Morgan fingerprint density at radius 1 is 1.06 bits per heavy atom. The number of sulfonamides is 2. The predicted molar refractivity (Wildman–Crippen MR) is 136 cm³/mol. The van der Waals surface area contributed by atoms with Crippen LogP contribution >= 0.6 is 0 Å². The van der Waals surface area contributed by atoms with Crippen LogP contribution in [-0.4, -0.2) is 83.5 Å². The Balaban J connectivity index is 1.55. The van der Waals surface area contributed by atoms with Crippen molar-refractivity contribution in [1.82, 2.24) is 13.9 Å². The Morgan fingerprint density at radius 2 is 1.77 bits per heavy atom. The third-order valence-corrected chi connectivity index (χ3v) is 10.1. The van der Waals surface area contributed by atoms with Crippen molar-refractivity contribution < 1.29 is 26.3 Å². The van der Waals surface area contributed by atoms with Gasteiger partial charge >= 0.3 is 0 Å². The first kappa shape index (κ1) is 26.7. The van der Waals surface area contributed by atoms with E-state index in [4.69, 9.17) is 9.47 Å². The zero-order valence-corrected chi connectivity index (χ0v) is 22.7. The summed E-state index contributed by atoms with van der Waals surface area (Å²) in [6.07, 6.45) is 4.96. The van der Waals surface area contributed by atoms with Gasteiger partial charge in [0.25, 0.3) is 0 Å². The number of hydrogen-bond acceptors (Lipinski definition) is 7. The van der Waals surface area contributed by atoms with Crippen LogP contribution in [0.4, 0.5) is 0 Å². The van der Waals surface area contributed by atoms with Crippen LogP contribution in [0.15, 0.2) is 12.1 Å². The molecule has 1 aromatic carbocycles. The summed E-state index contributed by atoms with van der Waals surface area (Å²) in [4.78, 5) is 2.52. The zero-order valence-electron chi connectivity index (χ0n) is 21.0. The number of ether oxygens (including phenoxy) is 2. The van der Waals surface area contributed by atoms with Gasteiger partial charge in [-0.1, -0.05) is 0 Å². The minimum absolute atomic E-state index is 0.0362. The molecule has 0 amide bonds. The molecule has 0 aliphatic carbocycles. The number of rotatable bonds is 10. The summed E-state index contributed by atoms with van der Waals surface area (Å²) in [5.41, 5.74) is 2.48. The molecular weight excluding hydrogens is 490 g/mol. The van der Waals surface area contributed by atoms with Gasteiger partial charge in [0, 0.05) is 38.3 Å². The third-order valence-electron chi connectivity index (χ3n) is 7.38. The van der Waals surface area contributed by atoms with Gasteiger partial charge in [-0.2, -0.15) is 4.31 Å². The second-order valence-corrected chi connectivity index (χ2v) is 13.7. The molecule has 35 heavy (non-hydrogen) atoms. The first-order chi connectivity index (χ1) is 16.6. The van der Waals surface area contributed by atoms with Gasteiger partial charge in [0.1, 0.15) is 0 Å².